The highest BCUT2D eigenvalue weighted by Gasteiger charge is 2.48. The van der Waals surface area contributed by atoms with Gasteiger partial charge in [0.15, 0.2) is 5.78 Å². The molecule has 1 atom stereocenters. The minimum absolute atomic E-state index is 0.217. The van der Waals surface area contributed by atoms with E-state index in [9.17, 15) is 9.59 Å². The van der Waals surface area contributed by atoms with Crippen LogP contribution >= 0.6 is 0 Å². The molecule has 5 heteroatoms. The molecule has 0 aliphatic heterocycles. The summed E-state index contributed by atoms with van der Waals surface area (Å²) >= 11 is 0. The van der Waals surface area contributed by atoms with E-state index in [0.717, 1.165) is 52.8 Å². The van der Waals surface area contributed by atoms with E-state index in [-0.39, 0.29) is 11.0 Å². The number of carboxylic acid groups (broad SMARTS) is 1. The molecule has 0 spiro atoms. The number of rotatable bonds is 7. The fourth-order valence-electron chi connectivity index (χ4n) is 5.87. The second-order valence-corrected chi connectivity index (χ2v) is 10.4. The fourth-order valence-corrected chi connectivity index (χ4v) is 5.87. The lowest BCUT2D eigenvalue weighted by molar-refractivity contribution is 0.0695. The van der Waals surface area contributed by atoms with Crippen LogP contribution in [-0.4, -0.2) is 16.9 Å². The van der Waals surface area contributed by atoms with E-state index in [1.807, 2.05) is 38.1 Å². The molecule has 1 N–H and O–H groups in total. The summed E-state index contributed by atoms with van der Waals surface area (Å²) < 4.78 is 12.2. The molecule has 1 fully saturated rings. The van der Waals surface area contributed by atoms with Crippen LogP contribution in [-0.2, 0) is 13.0 Å². The summed E-state index contributed by atoms with van der Waals surface area (Å²) in [6, 6.07) is 16.1. The summed E-state index contributed by atoms with van der Waals surface area (Å²) in [6.45, 7) is 6.62. The second kappa shape index (κ2) is 9.45. The van der Waals surface area contributed by atoms with Crippen molar-refractivity contribution in [3.8, 4) is 17.2 Å². The number of benzene rings is 3. The van der Waals surface area contributed by atoms with Crippen molar-refractivity contribution in [3.05, 3.63) is 88.0 Å². The minimum Gasteiger partial charge on any atom is -0.489 e. The third-order valence-electron chi connectivity index (χ3n) is 8.12. The molecule has 0 aromatic heterocycles. The van der Waals surface area contributed by atoms with Crippen LogP contribution in [0.25, 0.3) is 0 Å². The van der Waals surface area contributed by atoms with Gasteiger partial charge in [0, 0.05) is 11.0 Å². The van der Waals surface area contributed by atoms with Crippen LogP contribution < -0.4 is 9.47 Å². The lowest BCUT2D eigenvalue weighted by Crippen LogP contribution is -2.32. The van der Waals surface area contributed by atoms with E-state index in [1.54, 1.807) is 12.1 Å². The molecular formula is C31H32O5. The zero-order chi connectivity index (χ0) is 25.4. The van der Waals surface area contributed by atoms with Crippen LogP contribution in [0, 0.1) is 25.2 Å². The molecule has 0 bridgehead atoms. The van der Waals surface area contributed by atoms with Gasteiger partial charge in [-0.25, -0.2) is 4.79 Å². The van der Waals surface area contributed by atoms with Crippen molar-refractivity contribution in [2.45, 2.75) is 59.5 Å². The molecule has 1 unspecified atom stereocenters. The molecule has 0 saturated heterocycles. The minimum atomic E-state index is -0.967. The number of carbonyl (C=O) groups is 2. The summed E-state index contributed by atoms with van der Waals surface area (Å²) in [4.78, 5) is 24.6. The lowest BCUT2D eigenvalue weighted by atomic mass is 9.73. The Morgan fingerprint density at radius 1 is 1.00 bits per heavy atom. The number of hydrogen-bond donors (Lipinski definition) is 1. The van der Waals surface area contributed by atoms with E-state index >= 15 is 0 Å². The Balaban J connectivity index is 1.31. The van der Waals surface area contributed by atoms with Crippen molar-refractivity contribution in [2.75, 3.05) is 0 Å². The summed E-state index contributed by atoms with van der Waals surface area (Å²) in [6.07, 6.45) is 5.56. The molecular weight excluding hydrogens is 452 g/mol. The number of Topliss-reactive ketones (excluding diaryl/α,β-unsaturated/α-hetero) is 1. The second-order valence-electron chi connectivity index (χ2n) is 10.4. The van der Waals surface area contributed by atoms with Crippen LogP contribution in [0.1, 0.15) is 75.6 Å². The molecule has 2 aliphatic carbocycles. The van der Waals surface area contributed by atoms with Crippen molar-refractivity contribution >= 4 is 11.8 Å². The van der Waals surface area contributed by atoms with Crippen molar-refractivity contribution in [2.24, 2.45) is 11.3 Å². The predicted molar refractivity (Wildman–Crippen MR) is 138 cm³/mol. The quantitative estimate of drug-likeness (QED) is 0.381. The Hall–Kier alpha value is -3.60. The van der Waals surface area contributed by atoms with Gasteiger partial charge in [0.25, 0.3) is 0 Å². The zero-order valence-electron chi connectivity index (χ0n) is 21.1. The number of fused-ring (bicyclic) bond motifs is 1. The van der Waals surface area contributed by atoms with Gasteiger partial charge in [-0.2, -0.15) is 0 Å². The van der Waals surface area contributed by atoms with Gasteiger partial charge < -0.3 is 14.6 Å². The van der Waals surface area contributed by atoms with Gasteiger partial charge in [-0.3, -0.25) is 4.79 Å². The highest BCUT2D eigenvalue weighted by Crippen LogP contribution is 2.50. The zero-order valence-corrected chi connectivity index (χ0v) is 21.1. The fraction of sp³-hybridized carbons (Fsp3) is 0.355. The first kappa shape index (κ1) is 24.1. The van der Waals surface area contributed by atoms with Crippen LogP contribution in [0.5, 0.6) is 17.2 Å². The van der Waals surface area contributed by atoms with Crippen LogP contribution in [0.3, 0.4) is 0 Å². The average Bonchev–Trinajstić information content (AvgIpc) is 3.49. The molecule has 36 heavy (non-hydrogen) atoms. The number of carboxylic acids is 1. The molecule has 186 valence electrons. The van der Waals surface area contributed by atoms with Crippen molar-refractivity contribution < 1.29 is 24.2 Å². The Labute approximate surface area is 212 Å². The maximum atomic E-state index is 13.5. The van der Waals surface area contributed by atoms with Gasteiger partial charge in [-0.1, -0.05) is 31.9 Å². The largest absolute Gasteiger partial charge is 0.489 e. The van der Waals surface area contributed by atoms with Gasteiger partial charge in [0.2, 0.25) is 0 Å². The number of ketones is 1. The molecule has 0 radical (unpaired) electrons. The standard InChI is InChI=1S/C31H32O5/c1-19-20(2)28-23(17-31(3,29(28)32)24-8-4-5-9-24)16-27(19)35-18-21-7-6-10-26(15-21)36-25-13-11-22(12-14-25)30(33)34/h6-7,10-16,24H,4-5,8-9,17-18H2,1-3H3,(H,33,34). The van der Waals surface area contributed by atoms with Crippen molar-refractivity contribution in [3.63, 3.8) is 0 Å². The van der Waals surface area contributed by atoms with E-state index in [0.29, 0.717) is 29.8 Å². The maximum Gasteiger partial charge on any atom is 0.335 e. The summed E-state index contributed by atoms with van der Waals surface area (Å²) in [5.74, 6) is 1.87. The molecule has 3 aromatic rings. The molecule has 5 rings (SSSR count). The van der Waals surface area contributed by atoms with Gasteiger partial charge in [-0.15, -0.1) is 0 Å². The third-order valence-corrected chi connectivity index (χ3v) is 8.12. The first-order chi connectivity index (χ1) is 17.3. The molecule has 0 heterocycles. The van der Waals surface area contributed by atoms with E-state index < -0.39 is 5.97 Å². The molecule has 0 amide bonds. The summed E-state index contributed by atoms with van der Waals surface area (Å²) in [5, 5.41) is 9.06. The monoisotopic (exact) mass is 484 g/mol. The molecule has 2 aliphatic rings. The van der Waals surface area contributed by atoms with Gasteiger partial charge in [0.05, 0.1) is 5.56 Å². The van der Waals surface area contributed by atoms with Gasteiger partial charge in [-0.05, 0) is 104 Å². The van der Waals surface area contributed by atoms with Gasteiger partial charge in [0.1, 0.15) is 23.9 Å². The van der Waals surface area contributed by atoms with Gasteiger partial charge >= 0.3 is 5.97 Å². The smallest absolute Gasteiger partial charge is 0.335 e. The summed E-state index contributed by atoms with van der Waals surface area (Å²) in [7, 11) is 0. The summed E-state index contributed by atoms with van der Waals surface area (Å²) in [5.41, 5.74) is 4.98. The van der Waals surface area contributed by atoms with Crippen LogP contribution in [0.4, 0.5) is 0 Å². The molecule has 1 saturated carbocycles. The Kier molecular flexibility index (Phi) is 6.33. The number of carbonyl (C=O) groups excluding carboxylic acids is 1. The van der Waals surface area contributed by atoms with E-state index in [2.05, 4.69) is 13.0 Å². The van der Waals surface area contributed by atoms with Crippen LogP contribution in [0.15, 0.2) is 54.6 Å². The van der Waals surface area contributed by atoms with Crippen molar-refractivity contribution in [1.82, 2.24) is 0 Å². The molecule has 3 aromatic carbocycles. The first-order valence-corrected chi connectivity index (χ1v) is 12.7. The average molecular weight is 485 g/mol. The highest BCUT2D eigenvalue weighted by atomic mass is 16.5. The SMILES string of the molecule is Cc1c(OCc2cccc(Oc3ccc(C(=O)O)cc3)c2)cc2c(c1C)C(=O)C(C)(C1CCCC1)C2. The number of hydrogen-bond acceptors (Lipinski definition) is 4. The lowest BCUT2D eigenvalue weighted by Gasteiger charge is -2.29. The predicted octanol–water partition coefficient (Wildman–Crippen LogP) is 7.31. The first-order valence-electron chi connectivity index (χ1n) is 12.7. The molecule has 5 nitrogen and oxygen atoms in total. The number of ether oxygens (including phenoxy) is 2. The topological polar surface area (TPSA) is 72.8 Å². The van der Waals surface area contributed by atoms with Crippen LogP contribution in [0.2, 0.25) is 0 Å². The third kappa shape index (κ3) is 4.39. The number of aromatic carboxylic acids is 1. The highest BCUT2D eigenvalue weighted by molar-refractivity contribution is 6.06. The van der Waals surface area contributed by atoms with E-state index in [4.69, 9.17) is 14.6 Å². The van der Waals surface area contributed by atoms with Crippen molar-refractivity contribution in [1.29, 1.82) is 0 Å². The maximum absolute atomic E-state index is 13.5. The Morgan fingerprint density at radius 3 is 2.42 bits per heavy atom. The normalized spacial score (nSPS) is 19.4. The Bertz CT molecular complexity index is 1320. The Morgan fingerprint density at radius 2 is 1.72 bits per heavy atom. The van der Waals surface area contributed by atoms with E-state index in [1.165, 1.54) is 25.0 Å².